The molecule has 1 aromatic heterocycles. The quantitative estimate of drug-likeness (QED) is 0.917. The van der Waals surface area contributed by atoms with E-state index in [4.69, 9.17) is 17.3 Å². The van der Waals surface area contributed by atoms with Crippen LogP contribution in [0.25, 0.3) is 0 Å². The van der Waals surface area contributed by atoms with Gasteiger partial charge in [0.25, 0.3) is 0 Å². The fourth-order valence-corrected chi connectivity index (χ4v) is 2.82. The monoisotopic (exact) mass is 345 g/mol. The fraction of sp³-hybridized carbons (Fsp3) is 0.308. The Morgan fingerprint density at radius 1 is 1.53 bits per heavy atom. The van der Waals surface area contributed by atoms with Crippen LogP contribution < -0.4 is 5.73 Å². The van der Waals surface area contributed by atoms with E-state index in [-0.39, 0.29) is 11.1 Å². The van der Waals surface area contributed by atoms with E-state index in [2.05, 4.69) is 21.0 Å². The van der Waals surface area contributed by atoms with Gasteiger partial charge in [0, 0.05) is 6.54 Å². The number of nitrogens with two attached hydrogens (primary N) is 1. The van der Waals surface area contributed by atoms with Crippen LogP contribution in [0.4, 0.5) is 4.39 Å². The molecule has 0 aliphatic heterocycles. The van der Waals surface area contributed by atoms with E-state index in [1.165, 1.54) is 6.07 Å². The van der Waals surface area contributed by atoms with Crippen molar-refractivity contribution in [2.45, 2.75) is 25.9 Å². The van der Waals surface area contributed by atoms with Gasteiger partial charge in [0.2, 0.25) is 0 Å². The summed E-state index contributed by atoms with van der Waals surface area (Å²) in [5, 5.41) is 4.33. The molecule has 0 aliphatic carbocycles. The van der Waals surface area contributed by atoms with Gasteiger partial charge in [-0.15, -0.1) is 0 Å². The van der Waals surface area contributed by atoms with Crippen molar-refractivity contribution in [2.75, 3.05) is 0 Å². The van der Waals surface area contributed by atoms with Crippen molar-refractivity contribution in [3.63, 3.8) is 0 Å². The van der Waals surface area contributed by atoms with Crippen molar-refractivity contribution in [1.82, 2.24) is 9.78 Å². The van der Waals surface area contributed by atoms with Crippen LogP contribution in [0.1, 0.15) is 24.2 Å². The average molecular weight is 347 g/mol. The summed E-state index contributed by atoms with van der Waals surface area (Å²) in [5.41, 5.74) is 7.54. The summed E-state index contributed by atoms with van der Waals surface area (Å²) >= 11 is 9.19. The zero-order chi connectivity index (χ0) is 14.0. The van der Waals surface area contributed by atoms with Gasteiger partial charge in [0.05, 0.1) is 27.4 Å². The van der Waals surface area contributed by atoms with Gasteiger partial charge in [0.1, 0.15) is 5.82 Å². The SMILES string of the molecule is CCn1ncc(Br)c1C(N)Cc1cccc(Cl)c1F. The van der Waals surface area contributed by atoms with Crippen LogP contribution in [0.3, 0.4) is 0 Å². The highest BCUT2D eigenvalue weighted by molar-refractivity contribution is 9.10. The van der Waals surface area contributed by atoms with Crippen molar-refractivity contribution >= 4 is 27.5 Å². The molecule has 2 aromatic rings. The summed E-state index contributed by atoms with van der Waals surface area (Å²) in [6.07, 6.45) is 2.07. The third-order valence-electron chi connectivity index (χ3n) is 2.96. The number of hydrogen-bond donors (Lipinski definition) is 1. The summed E-state index contributed by atoms with van der Waals surface area (Å²) in [6.45, 7) is 2.70. The summed E-state index contributed by atoms with van der Waals surface area (Å²) in [7, 11) is 0. The molecule has 0 bridgehead atoms. The van der Waals surface area contributed by atoms with Crippen molar-refractivity contribution < 1.29 is 4.39 Å². The molecule has 0 saturated heterocycles. The highest BCUT2D eigenvalue weighted by Crippen LogP contribution is 2.27. The topological polar surface area (TPSA) is 43.8 Å². The summed E-state index contributed by atoms with van der Waals surface area (Å²) in [6, 6.07) is 4.60. The molecule has 102 valence electrons. The summed E-state index contributed by atoms with van der Waals surface area (Å²) < 4.78 is 16.5. The Bertz CT molecular complexity index is 585. The molecule has 0 amide bonds. The second-order valence-corrected chi connectivity index (χ2v) is 5.48. The molecule has 2 rings (SSSR count). The lowest BCUT2D eigenvalue weighted by atomic mass is 10.0. The third-order valence-corrected chi connectivity index (χ3v) is 3.86. The molecule has 19 heavy (non-hydrogen) atoms. The highest BCUT2D eigenvalue weighted by atomic mass is 79.9. The third kappa shape index (κ3) is 2.99. The molecule has 1 atom stereocenters. The van der Waals surface area contributed by atoms with Crippen LogP contribution in [0.2, 0.25) is 5.02 Å². The molecule has 6 heteroatoms. The molecule has 1 unspecified atom stereocenters. The largest absolute Gasteiger partial charge is 0.322 e. The Labute approximate surface area is 124 Å². The van der Waals surface area contributed by atoms with E-state index < -0.39 is 5.82 Å². The van der Waals surface area contributed by atoms with Crippen LogP contribution in [0.15, 0.2) is 28.9 Å². The molecular formula is C13H14BrClFN3. The van der Waals surface area contributed by atoms with E-state index in [9.17, 15) is 4.39 Å². The molecule has 3 nitrogen and oxygen atoms in total. The predicted octanol–water partition coefficient (Wildman–Crippen LogP) is 3.70. The van der Waals surface area contributed by atoms with Gasteiger partial charge >= 0.3 is 0 Å². The molecule has 0 radical (unpaired) electrons. The van der Waals surface area contributed by atoms with E-state index in [1.807, 2.05) is 6.92 Å². The van der Waals surface area contributed by atoms with Crippen molar-refractivity contribution in [3.05, 3.63) is 51.0 Å². The van der Waals surface area contributed by atoms with Crippen LogP contribution in [0.5, 0.6) is 0 Å². The Morgan fingerprint density at radius 2 is 2.26 bits per heavy atom. The van der Waals surface area contributed by atoms with E-state index in [0.717, 1.165) is 10.2 Å². The minimum Gasteiger partial charge on any atom is -0.322 e. The Morgan fingerprint density at radius 3 is 2.95 bits per heavy atom. The molecule has 0 spiro atoms. The van der Waals surface area contributed by atoms with Gasteiger partial charge in [-0.3, -0.25) is 4.68 Å². The zero-order valence-corrected chi connectivity index (χ0v) is 12.7. The maximum Gasteiger partial charge on any atom is 0.145 e. The lowest BCUT2D eigenvalue weighted by Crippen LogP contribution is -2.19. The van der Waals surface area contributed by atoms with Gasteiger partial charge in [0.15, 0.2) is 0 Å². The molecular weight excluding hydrogens is 333 g/mol. The number of nitrogens with zero attached hydrogens (tertiary/aromatic N) is 2. The summed E-state index contributed by atoms with van der Waals surface area (Å²) in [5.74, 6) is -0.404. The van der Waals surface area contributed by atoms with Crippen LogP contribution in [0, 0.1) is 5.82 Å². The second-order valence-electron chi connectivity index (χ2n) is 4.22. The molecule has 0 saturated carbocycles. The standard InChI is InChI=1S/C13H14BrClFN3/c1-2-19-13(9(14)7-18-19)11(17)6-8-4-3-5-10(15)12(8)16/h3-5,7,11H,2,6,17H2,1H3. The number of aryl methyl sites for hydroxylation is 1. The fourth-order valence-electron chi connectivity index (χ4n) is 2.03. The zero-order valence-electron chi connectivity index (χ0n) is 10.4. The van der Waals surface area contributed by atoms with E-state index >= 15 is 0 Å². The van der Waals surface area contributed by atoms with Crippen molar-refractivity contribution in [1.29, 1.82) is 0 Å². The van der Waals surface area contributed by atoms with Crippen LogP contribution in [-0.4, -0.2) is 9.78 Å². The lowest BCUT2D eigenvalue weighted by molar-refractivity contribution is 0.550. The first kappa shape index (κ1) is 14.5. The maximum atomic E-state index is 13.9. The molecule has 2 N–H and O–H groups in total. The number of aromatic nitrogens is 2. The van der Waals surface area contributed by atoms with E-state index in [1.54, 1.807) is 23.0 Å². The van der Waals surface area contributed by atoms with Crippen molar-refractivity contribution in [2.24, 2.45) is 5.73 Å². The number of hydrogen-bond acceptors (Lipinski definition) is 2. The summed E-state index contributed by atoms with van der Waals surface area (Å²) in [4.78, 5) is 0. The smallest absolute Gasteiger partial charge is 0.145 e. The average Bonchev–Trinajstić information content (AvgIpc) is 2.76. The number of benzene rings is 1. The lowest BCUT2D eigenvalue weighted by Gasteiger charge is -2.15. The second kappa shape index (κ2) is 6.03. The Balaban J connectivity index is 2.28. The molecule has 0 aliphatic rings. The first-order valence-corrected chi connectivity index (χ1v) is 7.11. The van der Waals surface area contributed by atoms with Gasteiger partial charge in [-0.1, -0.05) is 23.7 Å². The minimum atomic E-state index is -0.404. The Kier molecular flexibility index (Phi) is 4.60. The number of rotatable bonds is 4. The number of halogens is 3. The normalized spacial score (nSPS) is 12.7. The first-order chi connectivity index (χ1) is 9.04. The van der Waals surface area contributed by atoms with Crippen molar-refractivity contribution in [3.8, 4) is 0 Å². The first-order valence-electron chi connectivity index (χ1n) is 5.94. The van der Waals surface area contributed by atoms with Gasteiger partial charge < -0.3 is 5.73 Å². The van der Waals surface area contributed by atoms with E-state index in [0.29, 0.717) is 18.5 Å². The van der Waals surface area contributed by atoms with Crippen LogP contribution >= 0.6 is 27.5 Å². The minimum absolute atomic E-state index is 0.118. The molecule has 1 heterocycles. The predicted molar refractivity (Wildman–Crippen MR) is 77.6 cm³/mol. The van der Waals surface area contributed by atoms with Gasteiger partial charge in [-0.25, -0.2) is 4.39 Å². The highest BCUT2D eigenvalue weighted by Gasteiger charge is 2.18. The molecule has 0 fully saturated rings. The molecule has 1 aromatic carbocycles. The Hall–Kier alpha value is -0.910. The van der Waals surface area contributed by atoms with Gasteiger partial charge in [-0.2, -0.15) is 5.10 Å². The van der Waals surface area contributed by atoms with Gasteiger partial charge in [-0.05, 0) is 40.9 Å². The van der Waals surface area contributed by atoms with Crippen LogP contribution in [-0.2, 0) is 13.0 Å². The maximum absolute atomic E-state index is 13.9.